The zero-order chi connectivity index (χ0) is 22.5. The first-order valence-electron chi connectivity index (χ1n) is 9.45. The van der Waals surface area contributed by atoms with Gasteiger partial charge in [0.05, 0.1) is 25.3 Å². The molecule has 0 fully saturated rings. The molecule has 0 saturated carbocycles. The van der Waals surface area contributed by atoms with Crippen LogP contribution in [0.3, 0.4) is 0 Å². The van der Waals surface area contributed by atoms with Gasteiger partial charge in [-0.05, 0) is 32.4 Å². The molecule has 9 nitrogen and oxygen atoms in total. The van der Waals surface area contributed by atoms with Gasteiger partial charge in [0.1, 0.15) is 11.8 Å². The van der Waals surface area contributed by atoms with Crippen LogP contribution >= 0.6 is 0 Å². The monoisotopic (exact) mass is 418 g/mol. The summed E-state index contributed by atoms with van der Waals surface area (Å²) in [5.74, 6) is -0.0666. The highest BCUT2D eigenvalue weighted by Crippen LogP contribution is 2.24. The number of terminal acetylenes is 1. The summed E-state index contributed by atoms with van der Waals surface area (Å²) in [4.78, 5) is 48.0. The summed E-state index contributed by atoms with van der Waals surface area (Å²) in [5.41, 5.74) is 0.576. The minimum absolute atomic E-state index is 0.00461. The number of carbonyl (C=O) groups is 4. The smallest absolute Gasteiger partial charge is 0.328 e. The van der Waals surface area contributed by atoms with Crippen LogP contribution in [-0.2, 0) is 23.9 Å². The molecule has 0 aromatic heterocycles. The molecule has 0 spiro atoms. The van der Waals surface area contributed by atoms with Crippen molar-refractivity contribution < 1.29 is 33.4 Å². The fraction of sp³-hybridized carbons (Fsp3) is 0.429. The van der Waals surface area contributed by atoms with Crippen LogP contribution in [0.2, 0.25) is 0 Å². The van der Waals surface area contributed by atoms with Crippen molar-refractivity contribution >= 4 is 29.5 Å². The second kappa shape index (κ2) is 12.8. The van der Waals surface area contributed by atoms with Crippen LogP contribution in [0.4, 0.5) is 5.69 Å². The molecule has 0 radical (unpaired) electrons. The van der Waals surface area contributed by atoms with Gasteiger partial charge in [-0.15, -0.1) is 6.42 Å². The van der Waals surface area contributed by atoms with Gasteiger partial charge in [0.2, 0.25) is 0 Å². The van der Waals surface area contributed by atoms with Crippen molar-refractivity contribution in [2.45, 2.75) is 39.7 Å². The topological polar surface area (TPSA) is 120 Å². The predicted molar refractivity (Wildman–Crippen MR) is 109 cm³/mol. The molecule has 0 aliphatic heterocycles. The number of amides is 1. The van der Waals surface area contributed by atoms with Crippen molar-refractivity contribution in [2.75, 3.05) is 25.1 Å². The molecule has 1 rings (SSSR count). The van der Waals surface area contributed by atoms with Crippen molar-refractivity contribution in [3.05, 3.63) is 23.8 Å². The van der Waals surface area contributed by atoms with Crippen LogP contribution in [0.15, 0.2) is 18.2 Å². The van der Waals surface area contributed by atoms with Gasteiger partial charge in [0.25, 0.3) is 5.91 Å². The maximum absolute atomic E-state index is 12.8. The highest BCUT2D eigenvalue weighted by atomic mass is 16.5. The average molecular weight is 418 g/mol. The second-order valence-corrected chi connectivity index (χ2v) is 5.98. The van der Waals surface area contributed by atoms with Crippen LogP contribution in [0.25, 0.3) is 0 Å². The zero-order valence-electron chi connectivity index (χ0n) is 17.3. The molecule has 30 heavy (non-hydrogen) atoms. The lowest BCUT2D eigenvalue weighted by Crippen LogP contribution is -2.42. The molecular formula is C21H26N2O7. The predicted octanol–water partition coefficient (Wildman–Crippen LogP) is 1.66. The summed E-state index contributed by atoms with van der Waals surface area (Å²) in [5, 5.41) is 5.44. The van der Waals surface area contributed by atoms with E-state index in [0.717, 1.165) is 0 Å². The number of hydrogen-bond acceptors (Lipinski definition) is 8. The Morgan fingerprint density at radius 3 is 2.43 bits per heavy atom. The largest absolute Gasteiger partial charge is 0.466 e. The van der Waals surface area contributed by atoms with Gasteiger partial charge in [-0.1, -0.05) is 5.92 Å². The molecule has 1 atom stereocenters. The fourth-order valence-corrected chi connectivity index (χ4v) is 2.44. The number of ether oxygens (including phenoxy) is 3. The van der Waals surface area contributed by atoms with Gasteiger partial charge >= 0.3 is 17.9 Å². The number of carbonyl (C=O) groups excluding carboxylic acids is 4. The van der Waals surface area contributed by atoms with Crippen LogP contribution in [-0.4, -0.2) is 49.6 Å². The minimum Gasteiger partial charge on any atom is -0.466 e. The first-order valence-corrected chi connectivity index (χ1v) is 9.45. The van der Waals surface area contributed by atoms with Crippen molar-refractivity contribution in [3.63, 3.8) is 0 Å². The molecule has 9 heteroatoms. The zero-order valence-corrected chi connectivity index (χ0v) is 17.3. The van der Waals surface area contributed by atoms with Crippen molar-refractivity contribution in [3.8, 4) is 18.1 Å². The van der Waals surface area contributed by atoms with Crippen LogP contribution in [0.1, 0.15) is 44.0 Å². The highest BCUT2D eigenvalue weighted by Gasteiger charge is 2.25. The number of nitrogens with one attached hydrogen (secondary N) is 2. The van der Waals surface area contributed by atoms with Gasteiger partial charge in [-0.2, -0.15) is 0 Å². The molecule has 0 saturated heterocycles. The Morgan fingerprint density at radius 2 is 1.83 bits per heavy atom. The van der Waals surface area contributed by atoms with E-state index in [-0.39, 0.29) is 43.9 Å². The van der Waals surface area contributed by atoms with Crippen LogP contribution < -0.4 is 15.4 Å². The van der Waals surface area contributed by atoms with E-state index < -0.39 is 29.9 Å². The lowest BCUT2D eigenvalue weighted by molar-refractivity contribution is -0.147. The highest BCUT2D eigenvalue weighted by molar-refractivity contribution is 6.00. The van der Waals surface area contributed by atoms with Gasteiger partial charge < -0.3 is 24.8 Å². The van der Waals surface area contributed by atoms with Gasteiger partial charge in [-0.3, -0.25) is 14.4 Å². The Kier molecular flexibility index (Phi) is 10.5. The Hall–Kier alpha value is -3.54. The standard InChI is InChI=1S/C21H26N2O7/c1-5-12-22-15-8-9-16(18(13-15)30-14(4)24)20(26)23-17(21(27)29-7-3)10-11-19(25)28-6-2/h1,8-9,13,17,22H,6-7,10-12H2,2-4H3,(H,23,26)/t17-/m1/s1. The van der Waals surface area contributed by atoms with Crippen molar-refractivity contribution in [1.82, 2.24) is 5.32 Å². The van der Waals surface area contributed by atoms with Gasteiger partial charge in [0.15, 0.2) is 0 Å². The molecule has 0 unspecified atom stereocenters. The van der Waals surface area contributed by atoms with E-state index >= 15 is 0 Å². The molecular weight excluding hydrogens is 392 g/mol. The van der Waals surface area contributed by atoms with E-state index in [4.69, 9.17) is 20.6 Å². The summed E-state index contributed by atoms with van der Waals surface area (Å²) in [6, 6.07) is 3.38. The summed E-state index contributed by atoms with van der Waals surface area (Å²) in [6.45, 7) is 5.05. The van der Waals surface area contributed by atoms with Gasteiger partial charge in [0, 0.05) is 25.1 Å². The Balaban J connectivity index is 3.05. The van der Waals surface area contributed by atoms with E-state index in [1.54, 1.807) is 19.9 Å². The van der Waals surface area contributed by atoms with E-state index in [1.807, 2.05) is 0 Å². The molecule has 0 heterocycles. The summed E-state index contributed by atoms with van der Waals surface area (Å²) >= 11 is 0. The Morgan fingerprint density at radius 1 is 1.13 bits per heavy atom. The van der Waals surface area contributed by atoms with E-state index in [2.05, 4.69) is 16.6 Å². The maximum atomic E-state index is 12.8. The van der Waals surface area contributed by atoms with Crippen molar-refractivity contribution in [1.29, 1.82) is 0 Å². The lowest BCUT2D eigenvalue weighted by Gasteiger charge is -2.18. The van der Waals surface area contributed by atoms with Gasteiger partial charge in [-0.25, -0.2) is 4.79 Å². The number of hydrogen-bond donors (Lipinski definition) is 2. The normalized spacial score (nSPS) is 10.9. The minimum atomic E-state index is -1.08. The molecule has 2 N–H and O–H groups in total. The number of rotatable bonds is 11. The summed E-state index contributed by atoms with van der Waals surface area (Å²) in [6.07, 6.45) is 5.13. The fourth-order valence-electron chi connectivity index (χ4n) is 2.44. The third kappa shape index (κ3) is 8.22. The van der Waals surface area contributed by atoms with E-state index in [0.29, 0.717) is 5.69 Å². The SMILES string of the molecule is C#CCNc1ccc(C(=O)N[C@H](CCC(=O)OCC)C(=O)OCC)c(OC(C)=O)c1. The Bertz CT molecular complexity index is 814. The maximum Gasteiger partial charge on any atom is 0.328 e. The summed E-state index contributed by atoms with van der Waals surface area (Å²) < 4.78 is 14.9. The van der Waals surface area contributed by atoms with Crippen molar-refractivity contribution in [2.24, 2.45) is 0 Å². The summed E-state index contributed by atoms with van der Waals surface area (Å²) in [7, 11) is 0. The number of esters is 3. The molecule has 0 bridgehead atoms. The number of anilines is 1. The molecule has 1 aromatic carbocycles. The molecule has 1 amide bonds. The Labute approximate surface area is 175 Å². The number of benzene rings is 1. The first-order chi connectivity index (χ1) is 14.3. The lowest BCUT2D eigenvalue weighted by atomic mass is 10.1. The first kappa shape index (κ1) is 24.5. The molecule has 0 aliphatic carbocycles. The van der Waals surface area contributed by atoms with E-state index in [1.165, 1.54) is 19.1 Å². The third-order valence-electron chi connectivity index (χ3n) is 3.69. The average Bonchev–Trinajstić information content (AvgIpc) is 2.69. The molecule has 1 aromatic rings. The third-order valence-corrected chi connectivity index (χ3v) is 3.69. The second-order valence-electron chi connectivity index (χ2n) is 5.98. The quantitative estimate of drug-likeness (QED) is 0.316. The van der Waals surface area contributed by atoms with Crippen LogP contribution in [0.5, 0.6) is 5.75 Å². The molecule has 162 valence electrons. The van der Waals surface area contributed by atoms with Crippen LogP contribution in [0, 0.1) is 12.3 Å². The van der Waals surface area contributed by atoms with E-state index in [9.17, 15) is 19.2 Å². The molecule has 0 aliphatic rings.